The Morgan fingerprint density at radius 1 is 1.03 bits per heavy atom. The molecule has 0 saturated heterocycles. The number of ether oxygens (including phenoxy) is 1. The van der Waals surface area contributed by atoms with Gasteiger partial charge in [-0.15, -0.1) is 10.2 Å². The molecule has 0 atom stereocenters. The molecule has 4 rings (SSSR count). The van der Waals surface area contributed by atoms with Crippen LogP contribution in [-0.2, 0) is 16.5 Å². The van der Waals surface area contributed by atoms with E-state index in [0.717, 1.165) is 0 Å². The van der Waals surface area contributed by atoms with Crippen LogP contribution in [0.4, 0.5) is 17.1 Å². The predicted octanol–water partition coefficient (Wildman–Crippen LogP) is 7.34. The first-order chi connectivity index (χ1) is 18.0. The zero-order chi connectivity index (χ0) is 27.6. The lowest BCUT2D eigenvalue weighted by Crippen LogP contribution is -2.12. The van der Waals surface area contributed by atoms with Gasteiger partial charge in [0.2, 0.25) is 0 Å². The second kappa shape index (κ2) is 11.0. The molecule has 0 heterocycles. The molecule has 0 aliphatic heterocycles. The summed E-state index contributed by atoms with van der Waals surface area (Å²) in [5, 5.41) is 23.3. The number of phenols is 1. The predicted molar refractivity (Wildman–Crippen MR) is 146 cm³/mol. The Hall–Kier alpha value is -3.70. The van der Waals surface area contributed by atoms with E-state index in [0.29, 0.717) is 22.2 Å². The van der Waals surface area contributed by atoms with Crippen molar-refractivity contribution in [1.82, 2.24) is 0 Å². The molecule has 0 aromatic heterocycles. The number of rotatable bonds is 7. The highest BCUT2D eigenvalue weighted by molar-refractivity contribution is 7.86. The van der Waals surface area contributed by atoms with Crippen LogP contribution >= 0.6 is 23.2 Å². The number of carbonyl (C=O) groups is 1. The average molecular weight is 574 g/mol. The maximum absolute atomic E-state index is 13.1. The van der Waals surface area contributed by atoms with E-state index in [1.807, 2.05) is 0 Å². The van der Waals surface area contributed by atoms with E-state index >= 15 is 0 Å². The highest BCUT2D eigenvalue weighted by atomic mass is 35.5. The summed E-state index contributed by atoms with van der Waals surface area (Å²) in [5.41, 5.74) is 0.175. The van der Waals surface area contributed by atoms with Crippen LogP contribution in [0.25, 0.3) is 10.8 Å². The van der Waals surface area contributed by atoms with Gasteiger partial charge in [-0.3, -0.25) is 9.35 Å². The molecule has 38 heavy (non-hydrogen) atoms. The third kappa shape index (κ3) is 5.44. The van der Waals surface area contributed by atoms with Gasteiger partial charge in [0, 0.05) is 16.1 Å². The van der Waals surface area contributed by atoms with Crippen molar-refractivity contribution in [3.8, 4) is 11.5 Å². The monoisotopic (exact) mass is 573 g/mol. The van der Waals surface area contributed by atoms with Crippen molar-refractivity contribution in [3.63, 3.8) is 0 Å². The number of methoxy groups -OCH3 is 1. The Morgan fingerprint density at radius 3 is 2.42 bits per heavy atom. The largest absolute Gasteiger partial charge is 0.505 e. The Morgan fingerprint density at radius 2 is 1.76 bits per heavy atom. The second-order valence-electron chi connectivity index (χ2n) is 8.05. The van der Waals surface area contributed by atoms with Crippen LogP contribution in [0.5, 0.6) is 11.5 Å². The maximum Gasteiger partial charge on any atom is 0.297 e. The van der Waals surface area contributed by atoms with E-state index in [4.69, 9.17) is 27.9 Å². The van der Waals surface area contributed by atoms with Crippen LogP contribution in [0, 0.1) is 0 Å². The van der Waals surface area contributed by atoms with Crippen LogP contribution in [0.2, 0.25) is 10.0 Å². The maximum atomic E-state index is 13.1. The molecule has 0 radical (unpaired) electrons. The summed E-state index contributed by atoms with van der Waals surface area (Å²) in [4.78, 5) is 12.7. The minimum absolute atomic E-state index is 0.0738. The van der Waals surface area contributed by atoms with Crippen molar-refractivity contribution in [2.75, 3.05) is 12.4 Å². The Kier molecular flexibility index (Phi) is 7.89. The van der Waals surface area contributed by atoms with Crippen molar-refractivity contribution in [1.29, 1.82) is 0 Å². The number of phenolic OH excluding ortho intramolecular Hbond substituents is 1. The number of hydrogen-bond acceptors (Lipinski definition) is 7. The van der Waals surface area contributed by atoms with Crippen molar-refractivity contribution in [2.24, 2.45) is 10.2 Å². The van der Waals surface area contributed by atoms with E-state index in [1.54, 1.807) is 43.3 Å². The molecular weight excluding hydrogens is 553 g/mol. The molecule has 0 bridgehead atoms. The van der Waals surface area contributed by atoms with Gasteiger partial charge in [-0.2, -0.15) is 8.42 Å². The van der Waals surface area contributed by atoms with Gasteiger partial charge in [0.05, 0.1) is 17.7 Å². The molecule has 0 fully saturated rings. The fraction of sp³-hybridized carbons (Fsp3) is 0.115. The minimum atomic E-state index is -4.71. The third-order valence-corrected chi connectivity index (χ3v) is 7.32. The Labute approximate surface area is 228 Å². The van der Waals surface area contributed by atoms with Crippen molar-refractivity contribution >= 4 is 67.1 Å². The van der Waals surface area contributed by atoms with Gasteiger partial charge in [0.15, 0.2) is 5.75 Å². The van der Waals surface area contributed by atoms with Gasteiger partial charge in [-0.1, -0.05) is 54.4 Å². The lowest BCUT2D eigenvalue weighted by atomic mass is 10.0. The number of amides is 1. The lowest BCUT2D eigenvalue weighted by molar-refractivity contribution is 0.102. The third-order valence-electron chi connectivity index (χ3n) is 5.70. The molecule has 4 aromatic rings. The van der Waals surface area contributed by atoms with E-state index in [2.05, 4.69) is 15.5 Å². The highest BCUT2D eigenvalue weighted by Gasteiger charge is 2.23. The standard InChI is InChI=1S/C26H21Cl2N3O6S/c1-3-16-19(27)9-10-21(25(16)38(34,35)36)30-31-23-17-7-5-4-6-14(17)12-18(24(23)32)26(33)29-15-8-11-22(37-2)20(28)13-15/h4-13,32H,3H2,1-2H3,(H,29,33)(H,34,35,36). The Bertz CT molecular complexity index is 1710. The van der Waals surface area contributed by atoms with Gasteiger partial charge in [-0.25, -0.2) is 0 Å². The molecule has 3 N–H and O–H groups in total. The summed E-state index contributed by atoms with van der Waals surface area (Å²) < 4.78 is 39.2. The molecule has 9 nitrogen and oxygen atoms in total. The fourth-order valence-corrected chi connectivity index (χ4v) is 5.47. The molecule has 196 valence electrons. The summed E-state index contributed by atoms with van der Waals surface area (Å²) in [7, 11) is -3.24. The molecule has 0 aliphatic rings. The first kappa shape index (κ1) is 27.3. The quantitative estimate of drug-likeness (QED) is 0.156. The van der Waals surface area contributed by atoms with Crippen molar-refractivity contribution < 1.29 is 27.6 Å². The van der Waals surface area contributed by atoms with Gasteiger partial charge in [0.1, 0.15) is 22.0 Å². The Balaban J connectivity index is 1.83. The topological polar surface area (TPSA) is 138 Å². The zero-order valence-electron chi connectivity index (χ0n) is 20.1. The van der Waals surface area contributed by atoms with Gasteiger partial charge in [-0.05, 0) is 53.8 Å². The number of halogens is 2. The fourth-order valence-electron chi connectivity index (χ4n) is 3.93. The molecule has 4 aromatic carbocycles. The van der Waals surface area contributed by atoms with Crippen LogP contribution in [-0.4, -0.2) is 31.1 Å². The smallest absolute Gasteiger partial charge is 0.297 e. The summed E-state index contributed by atoms with van der Waals surface area (Å²) in [5.74, 6) is -0.703. The number of hydrogen-bond donors (Lipinski definition) is 3. The molecule has 1 amide bonds. The van der Waals surface area contributed by atoms with Gasteiger partial charge in [0.25, 0.3) is 16.0 Å². The number of fused-ring (bicyclic) bond motifs is 1. The first-order valence-corrected chi connectivity index (χ1v) is 13.3. The molecule has 0 saturated carbocycles. The van der Waals surface area contributed by atoms with Crippen LogP contribution < -0.4 is 10.1 Å². The van der Waals surface area contributed by atoms with Crippen molar-refractivity contribution in [3.05, 3.63) is 81.8 Å². The highest BCUT2D eigenvalue weighted by Crippen LogP contribution is 2.41. The molecule has 12 heteroatoms. The number of nitrogens with one attached hydrogen (secondary N) is 1. The van der Waals surface area contributed by atoms with E-state index in [9.17, 15) is 22.9 Å². The zero-order valence-corrected chi connectivity index (χ0v) is 22.4. The number of azo groups is 1. The molecular formula is C26H21Cl2N3O6S. The molecule has 0 unspecified atom stereocenters. The summed E-state index contributed by atoms with van der Waals surface area (Å²) in [6.45, 7) is 1.67. The number of carbonyl (C=O) groups excluding carboxylic acids is 1. The van der Waals surface area contributed by atoms with E-state index < -0.39 is 26.7 Å². The molecule has 0 spiro atoms. The summed E-state index contributed by atoms with van der Waals surface area (Å²) >= 11 is 12.3. The van der Waals surface area contributed by atoms with Crippen LogP contribution in [0.1, 0.15) is 22.8 Å². The first-order valence-electron chi connectivity index (χ1n) is 11.1. The number of benzene rings is 4. The number of anilines is 1. The van der Waals surface area contributed by atoms with Crippen molar-refractivity contribution in [2.45, 2.75) is 18.2 Å². The minimum Gasteiger partial charge on any atom is -0.505 e. The SMILES string of the molecule is CCc1c(Cl)ccc(N=Nc2c(O)c(C(=O)Nc3ccc(OC)c(Cl)c3)cc3ccccc23)c1S(=O)(=O)O. The molecule has 0 aliphatic carbocycles. The van der Waals surface area contributed by atoms with Gasteiger partial charge >= 0.3 is 0 Å². The van der Waals surface area contributed by atoms with E-state index in [-0.39, 0.29) is 39.0 Å². The van der Waals surface area contributed by atoms with Crippen LogP contribution in [0.15, 0.2) is 75.8 Å². The summed E-state index contributed by atoms with van der Waals surface area (Å²) in [6, 6.07) is 15.7. The number of aromatic hydroxyl groups is 1. The second-order valence-corrected chi connectivity index (χ2v) is 10.2. The van der Waals surface area contributed by atoms with Gasteiger partial charge < -0.3 is 15.2 Å². The average Bonchev–Trinajstić information content (AvgIpc) is 2.87. The number of nitrogens with zero attached hydrogens (tertiary/aromatic N) is 2. The normalized spacial score (nSPS) is 11.7. The van der Waals surface area contributed by atoms with Crippen LogP contribution in [0.3, 0.4) is 0 Å². The van der Waals surface area contributed by atoms with E-state index in [1.165, 1.54) is 31.4 Å². The lowest BCUT2D eigenvalue weighted by Gasteiger charge is -2.12. The summed E-state index contributed by atoms with van der Waals surface area (Å²) in [6.07, 6.45) is 0.205.